The second-order valence-electron chi connectivity index (χ2n) is 10.3. The van der Waals surface area contributed by atoms with E-state index in [0.29, 0.717) is 80.0 Å². The smallest absolute Gasteiger partial charge is 0.270 e. The zero-order valence-electron chi connectivity index (χ0n) is 25.4. The van der Waals surface area contributed by atoms with Gasteiger partial charge in [0.05, 0.1) is 38.3 Å². The van der Waals surface area contributed by atoms with Crippen molar-refractivity contribution >= 4 is 50.9 Å². The van der Waals surface area contributed by atoms with Gasteiger partial charge in [0.25, 0.3) is 5.56 Å². The number of aromatic nitrogens is 2. The van der Waals surface area contributed by atoms with Crippen LogP contribution < -0.4 is 30.0 Å². The van der Waals surface area contributed by atoms with Gasteiger partial charge in [-0.1, -0.05) is 48.8 Å². The van der Waals surface area contributed by atoms with Crippen LogP contribution in [0, 0.1) is 0 Å². The number of fused-ring (bicyclic) bond motifs is 3. The van der Waals surface area contributed by atoms with E-state index in [1.54, 1.807) is 28.8 Å². The number of ether oxygens (including phenoxy) is 3. The summed E-state index contributed by atoms with van der Waals surface area (Å²) in [6.07, 6.45) is 1.81. The molecule has 3 aromatic carbocycles. The van der Waals surface area contributed by atoms with Crippen molar-refractivity contribution in [3.05, 3.63) is 75.5 Å². The molecule has 0 unspecified atom stereocenters. The molecule has 0 aliphatic rings. The number of hydrogen-bond acceptors (Lipinski definition) is 8. The number of amides is 1. The van der Waals surface area contributed by atoms with Gasteiger partial charge in [0.2, 0.25) is 17.5 Å². The highest BCUT2D eigenvalue weighted by Crippen LogP contribution is 2.40. The Labute approximate surface area is 260 Å². The molecule has 2 aromatic heterocycles. The predicted molar refractivity (Wildman–Crippen MR) is 173 cm³/mol. The van der Waals surface area contributed by atoms with Crippen molar-refractivity contribution in [1.29, 1.82) is 0 Å². The summed E-state index contributed by atoms with van der Waals surface area (Å²) in [6.45, 7) is 5.59. The van der Waals surface area contributed by atoms with E-state index in [1.165, 1.54) is 21.3 Å². The van der Waals surface area contributed by atoms with Crippen molar-refractivity contribution in [2.75, 3.05) is 44.6 Å². The molecule has 0 aliphatic carbocycles. The maximum absolute atomic E-state index is 14.3. The number of carbonyl (C=O) groups excluding carboxylic acids is 1. The van der Waals surface area contributed by atoms with Gasteiger partial charge in [-0.05, 0) is 42.7 Å². The number of rotatable bonds is 12. The SMILES string of the molecule is CCCN(CCC)c1onc2c1c(=O)n(-c1cccc(CC(=O)Nc3cc(OC)c(OC)c(OC)c3)c1)c1cccc(Cl)c21. The van der Waals surface area contributed by atoms with Crippen LogP contribution in [-0.2, 0) is 11.2 Å². The van der Waals surface area contributed by atoms with Crippen molar-refractivity contribution < 1.29 is 23.5 Å². The Kier molecular flexibility index (Phi) is 9.29. The van der Waals surface area contributed by atoms with Crippen LogP contribution in [0.3, 0.4) is 0 Å². The van der Waals surface area contributed by atoms with Crippen LogP contribution in [0.1, 0.15) is 32.3 Å². The maximum Gasteiger partial charge on any atom is 0.270 e. The molecule has 0 spiro atoms. The molecular weight excluding hydrogens is 584 g/mol. The maximum atomic E-state index is 14.3. The normalized spacial score (nSPS) is 11.1. The molecule has 0 atom stereocenters. The summed E-state index contributed by atoms with van der Waals surface area (Å²) in [7, 11) is 4.54. The summed E-state index contributed by atoms with van der Waals surface area (Å²) >= 11 is 6.71. The van der Waals surface area contributed by atoms with Crippen LogP contribution in [0.4, 0.5) is 11.6 Å². The first-order valence-corrected chi connectivity index (χ1v) is 14.8. The lowest BCUT2D eigenvalue weighted by atomic mass is 10.1. The zero-order valence-corrected chi connectivity index (χ0v) is 26.2. The summed E-state index contributed by atoms with van der Waals surface area (Å²) in [6, 6.07) is 16.0. The van der Waals surface area contributed by atoms with Crippen molar-refractivity contribution in [2.24, 2.45) is 0 Å². The molecule has 0 radical (unpaired) electrons. The molecule has 5 rings (SSSR count). The number of carbonyl (C=O) groups is 1. The quantitative estimate of drug-likeness (QED) is 0.166. The van der Waals surface area contributed by atoms with Gasteiger partial charge in [-0.25, -0.2) is 0 Å². The number of anilines is 2. The fourth-order valence-corrected chi connectivity index (χ4v) is 5.73. The first-order valence-electron chi connectivity index (χ1n) is 14.4. The van der Waals surface area contributed by atoms with E-state index in [0.717, 1.165) is 12.8 Å². The largest absolute Gasteiger partial charge is 0.493 e. The van der Waals surface area contributed by atoms with Gasteiger partial charge >= 0.3 is 0 Å². The molecular formula is C33H35ClN4O6. The van der Waals surface area contributed by atoms with E-state index >= 15 is 0 Å². The Balaban J connectivity index is 1.56. The molecule has 11 heteroatoms. The predicted octanol–water partition coefficient (Wildman–Crippen LogP) is 6.62. The summed E-state index contributed by atoms with van der Waals surface area (Å²) in [5.74, 6) is 1.45. The zero-order chi connectivity index (χ0) is 31.4. The monoisotopic (exact) mass is 618 g/mol. The molecule has 230 valence electrons. The summed E-state index contributed by atoms with van der Waals surface area (Å²) < 4.78 is 23.6. The molecule has 1 amide bonds. The van der Waals surface area contributed by atoms with Gasteiger partial charge in [0.15, 0.2) is 11.5 Å². The van der Waals surface area contributed by atoms with Gasteiger partial charge < -0.3 is 29.0 Å². The third-order valence-corrected chi connectivity index (χ3v) is 7.63. The first kappa shape index (κ1) is 30.7. The van der Waals surface area contributed by atoms with Crippen LogP contribution in [-0.4, -0.2) is 50.0 Å². The van der Waals surface area contributed by atoms with Crippen LogP contribution in [0.25, 0.3) is 27.5 Å². The highest BCUT2D eigenvalue weighted by Gasteiger charge is 2.24. The van der Waals surface area contributed by atoms with Gasteiger partial charge in [-0.15, -0.1) is 0 Å². The number of nitrogens with zero attached hydrogens (tertiary/aromatic N) is 3. The van der Waals surface area contributed by atoms with Gasteiger partial charge in [0, 0.05) is 42.0 Å². The molecule has 44 heavy (non-hydrogen) atoms. The molecule has 0 saturated carbocycles. The number of hydrogen-bond donors (Lipinski definition) is 1. The third kappa shape index (κ3) is 5.77. The lowest BCUT2D eigenvalue weighted by molar-refractivity contribution is -0.115. The lowest BCUT2D eigenvalue weighted by Crippen LogP contribution is -2.27. The van der Waals surface area contributed by atoms with E-state index in [4.69, 9.17) is 30.3 Å². The molecule has 10 nitrogen and oxygen atoms in total. The van der Waals surface area contributed by atoms with Crippen LogP contribution in [0.2, 0.25) is 5.02 Å². The molecule has 0 saturated heterocycles. The lowest BCUT2D eigenvalue weighted by Gasteiger charge is -2.20. The van der Waals surface area contributed by atoms with Crippen molar-refractivity contribution in [3.8, 4) is 22.9 Å². The average Bonchev–Trinajstić information content (AvgIpc) is 3.46. The highest BCUT2D eigenvalue weighted by molar-refractivity contribution is 6.37. The Hall–Kier alpha value is -4.70. The number of methoxy groups -OCH3 is 3. The van der Waals surface area contributed by atoms with Crippen molar-refractivity contribution in [1.82, 2.24) is 9.72 Å². The van der Waals surface area contributed by atoms with E-state index in [9.17, 15) is 9.59 Å². The first-order chi connectivity index (χ1) is 21.3. The van der Waals surface area contributed by atoms with Crippen molar-refractivity contribution in [3.63, 3.8) is 0 Å². The summed E-state index contributed by atoms with van der Waals surface area (Å²) in [5, 5.41) is 8.68. The van der Waals surface area contributed by atoms with Gasteiger partial charge in [0.1, 0.15) is 10.9 Å². The topological polar surface area (TPSA) is 108 Å². The molecule has 0 fully saturated rings. The minimum Gasteiger partial charge on any atom is -0.493 e. The van der Waals surface area contributed by atoms with Gasteiger partial charge in [-0.3, -0.25) is 14.2 Å². The molecule has 0 bridgehead atoms. The minimum atomic E-state index is -0.276. The van der Waals surface area contributed by atoms with Crippen LogP contribution >= 0.6 is 11.6 Å². The van der Waals surface area contributed by atoms with Crippen molar-refractivity contribution in [2.45, 2.75) is 33.1 Å². The average molecular weight is 619 g/mol. The second kappa shape index (κ2) is 13.3. The van der Waals surface area contributed by atoms with Crippen LogP contribution in [0.5, 0.6) is 17.2 Å². The fourth-order valence-electron chi connectivity index (χ4n) is 5.48. The second-order valence-corrected chi connectivity index (χ2v) is 10.7. The Morgan fingerprint density at radius 2 is 1.64 bits per heavy atom. The molecule has 5 aromatic rings. The van der Waals surface area contributed by atoms with E-state index in [-0.39, 0.29) is 17.9 Å². The highest BCUT2D eigenvalue weighted by atomic mass is 35.5. The van der Waals surface area contributed by atoms with E-state index in [1.807, 2.05) is 35.2 Å². The third-order valence-electron chi connectivity index (χ3n) is 7.32. The molecule has 2 heterocycles. The van der Waals surface area contributed by atoms with E-state index < -0.39 is 0 Å². The minimum absolute atomic E-state index is 0.0550. The molecule has 0 aliphatic heterocycles. The molecule has 1 N–H and O–H groups in total. The standard InChI is InChI=1S/C33H35ClN4O6/c1-6-14-37(15-7-2)33-29-30(36-44-33)28-23(34)12-9-13-24(28)38(32(29)40)22-11-8-10-20(16-22)17-27(39)35-21-18-25(41-3)31(43-5)26(19-21)42-4/h8-13,16,18-19H,6-7,14-15,17H2,1-5H3,(H,35,39). The number of nitrogens with one attached hydrogen (secondary N) is 1. The summed E-state index contributed by atoms with van der Waals surface area (Å²) in [4.78, 5) is 29.5. The Morgan fingerprint density at radius 3 is 2.27 bits per heavy atom. The summed E-state index contributed by atoms with van der Waals surface area (Å²) in [5.41, 5.74) is 2.53. The van der Waals surface area contributed by atoms with Gasteiger partial charge in [-0.2, -0.15) is 0 Å². The van der Waals surface area contributed by atoms with E-state index in [2.05, 4.69) is 24.3 Å². The number of benzene rings is 3. The number of halogens is 1. The van der Waals surface area contributed by atoms with Crippen LogP contribution in [0.15, 0.2) is 63.9 Å². The number of pyridine rings is 1. The fraction of sp³-hybridized carbons (Fsp3) is 0.303. The Bertz CT molecular complexity index is 1850. The Morgan fingerprint density at radius 1 is 0.955 bits per heavy atom.